The molecule has 156 valence electrons. The highest BCUT2D eigenvalue weighted by Crippen LogP contribution is 2.32. The van der Waals surface area contributed by atoms with Gasteiger partial charge in [-0.3, -0.25) is 9.53 Å². The number of ether oxygens (including phenoxy) is 1. The van der Waals surface area contributed by atoms with Gasteiger partial charge >= 0.3 is 6.09 Å². The fourth-order valence-corrected chi connectivity index (χ4v) is 5.14. The van der Waals surface area contributed by atoms with E-state index in [2.05, 4.69) is 45.6 Å². The number of nitrogens with one attached hydrogen (secondary N) is 2. The van der Waals surface area contributed by atoms with Crippen molar-refractivity contribution in [3.63, 3.8) is 0 Å². The van der Waals surface area contributed by atoms with Crippen molar-refractivity contribution in [3.05, 3.63) is 57.6 Å². The van der Waals surface area contributed by atoms with Gasteiger partial charge in [-0.15, -0.1) is 0 Å². The maximum atomic E-state index is 12.6. The van der Waals surface area contributed by atoms with E-state index in [-0.39, 0.29) is 5.25 Å². The van der Waals surface area contributed by atoms with Gasteiger partial charge in [0.15, 0.2) is 0 Å². The Bertz CT molecular complexity index is 900. The van der Waals surface area contributed by atoms with Crippen molar-refractivity contribution < 1.29 is 13.7 Å². The molecule has 1 fully saturated rings. The number of benzene rings is 2. The van der Waals surface area contributed by atoms with E-state index >= 15 is 0 Å². The van der Waals surface area contributed by atoms with Gasteiger partial charge in [-0.1, -0.05) is 28.9 Å². The van der Waals surface area contributed by atoms with Crippen molar-refractivity contribution in [3.8, 4) is 0 Å². The normalized spacial score (nSPS) is 14.4. The lowest BCUT2D eigenvalue weighted by atomic mass is 10.0. The van der Waals surface area contributed by atoms with Crippen LogP contribution in [0.2, 0.25) is 0 Å². The van der Waals surface area contributed by atoms with E-state index < -0.39 is 16.9 Å². The van der Waals surface area contributed by atoms with Crippen LogP contribution in [0.1, 0.15) is 36.5 Å². The number of hydrogen-bond donors (Lipinski definition) is 2. The van der Waals surface area contributed by atoms with Crippen molar-refractivity contribution >= 4 is 38.5 Å². The average molecular weight is 479 g/mol. The molecule has 0 spiro atoms. The van der Waals surface area contributed by atoms with Crippen molar-refractivity contribution in [2.75, 3.05) is 19.0 Å². The van der Waals surface area contributed by atoms with Gasteiger partial charge in [-0.2, -0.15) is 0 Å². The van der Waals surface area contributed by atoms with Crippen LogP contribution >= 0.6 is 15.9 Å². The summed E-state index contributed by atoms with van der Waals surface area (Å²) >= 11 is 3.49. The Morgan fingerprint density at radius 1 is 1.17 bits per heavy atom. The largest absolute Gasteiger partial charge is 0.449 e. The van der Waals surface area contributed by atoms with Crippen LogP contribution in [-0.4, -0.2) is 29.2 Å². The monoisotopic (exact) mass is 478 g/mol. The standard InChI is InChI=1S/C22H27BrN2O3S/c1-3-15-12-18(23)5-4-16(15)10-11-28-22(26)25-19-6-9-21(17(13-19)14-24-2)29(27)20-7-8-20/h4-6,9,12-13,20,24H,3,7-8,10-11,14H2,1-2H3,(H,25,26). The molecule has 2 aromatic carbocycles. The van der Waals surface area contributed by atoms with Crippen molar-refractivity contribution in [1.29, 1.82) is 0 Å². The molecule has 0 heterocycles. The minimum Gasteiger partial charge on any atom is -0.449 e. The molecule has 0 bridgehead atoms. The highest BCUT2D eigenvalue weighted by Gasteiger charge is 2.30. The van der Waals surface area contributed by atoms with Crippen LogP contribution in [0.25, 0.3) is 0 Å². The molecule has 1 saturated carbocycles. The second-order valence-electron chi connectivity index (χ2n) is 7.13. The smallest absolute Gasteiger partial charge is 0.411 e. The molecule has 3 rings (SSSR count). The number of carbonyl (C=O) groups is 1. The Morgan fingerprint density at radius 2 is 1.97 bits per heavy atom. The Kier molecular flexibility index (Phi) is 7.86. The minimum absolute atomic E-state index is 0.279. The highest BCUT2D eigenvalue weighted by atomic mass is 79.9. The van der Waals surface area contributed by atoms with E-state index in [9.17, 15) is 9.00 Å². The molecule has 1 aliphatic rings. The molecule has 7 heteroatoms. The van der Waals surface area contributed by atoms with Gasteiger partial charge in [0.1, 0.15) is 0 Å². The maximum Gasteiger partial charge on any atom is 0.411 e. The minimum atomic E-state index is -0.976. The van der Waals surface area contributed by atoms with Gasteiger partial charge in [0.2, 0.25) is 0 Å². The number of aryl methyl sites for hydroxylation is 1. The van der Waals surface area contributed by atoms with E-state index in [0.29, 0.717) is 25.3 Å². The molecule has 29 heavy (non-hydrogen) atoms. The molecule has 0 saturated heterocycles. The molecule has 1 atom stereocenters. The lowest BCUT2D eigenvalue weighted by Gasteiger charge is -2.13. The zero-order valence-corrected chi connectivity index (χ0v) is 19.2. The molecular weight excluding hydrogens is 452 g/mol. The lowest BCUT2D eigenvalue weighted by molar-refractivity contribution is 0.163. The summed E-state index contributed by atoms with van der Waals surface area (Å²) in [5, 5.41) is 6.16. The third kappa shape index (κ3) is 6.14. The van der Waals surface area contributed by atoms with Gasteiger partial charge in [0.05, 0.1) is 17.4 Å². The number of rotatable bonds is 9. The SMILES string of the molecule is CCc1cc(Br)ccc1CCOC(=O)Nc1ccc(S(=O)C2CC2)c(CNC)c1. The van der Waals surface area contributed by atoms with Gasteiger partial charge < -0.3 is 10.1 Å². The number of amides is 1. The molecule has 1 unspecified atom stereocenters. The van der Waals surface area contributed by atoms with Crippen molar-refractivity contribution in [1.82, 2.24) is 5.32 Å². The predicted octanol–water partition coefficient (Wildman–Crippen LogP) is 4.79. The average Bonchev–Trinajstić information content (AvgIpc) is 3.54. The second-order valence-corrected chi connectivity index (χ2v) is 9.74. The zero-order chi connectivity index (χ0) is 20.8. The van der Waals surface area contributed by atoms with Crippen molar-refractivity contribution in [2.45, 2.75) is 49.3 Å². The second kappa shape index (κ2) is 10.4. The molecule has 1 aliphatic carbocycles. The van der Waals surface area contributed by atoms with Crippen LogP contribution < -0.4 is 10.6 Å². The van der Waals surface area contributed by atoms with Gasteiger partial charge in [0, 0.05) is 33.3 Å². The van der Waals surface area contributed by atoms with Gasteiger partial charge in [-0.25, -0.2) is 4.79 Å². The van der Waals surface area contributed by atoms with E-state index in [4.69, 9.17) is 4.74 Å². The summed E-state index contributed by atoms with van der Waals surface area (Å²) in [6, 6.07) is 11.7. The van der Waals surface area contributed by atoms with E-state index in [1.165, 1.54) is 11.1 Å². The summed E-state index contributed by atoms with van der Waals surface area (Å²) in [6.45, 7) is 3.02. The zero-order valence-electron chi connectivity index (χ0n) is 16.8. The molecule has 0 radical (unpaired) electrons. The number of hydrogen-bond acceptors (Lipinski definition) is 4. The fraction of sp³-hybridized carbons (Fsp3) is 0.409. The van der Waals surface area contributed by atoms with E-state index in [1.807, 2.05) is 25.2 Å². The van der Waals surface area contributed by atoms with Crippen molar-refractivity contribution in [2.24, 2.45) is 0 Å². The number of halogens is 1. The fourth-order valence-electron chi connectivity index (χ4n) is 3.22. The Morgan fingerprint density at radius 3 is 2.66 bits per heavy atom. The van der Waals surface area contributed by atoms with Gasteiger partial charge in [0.25, 0.3) is 0 Å². The van der Waals surface area contributed by atoms with Crippen LogP contribution in [0.15, 0.2) is 45.8 Å². The Labute approximate surface area is 183 Å². The van der Waals surface area contributed by atoms with E-state index in [0.717, 1.165) is 34.2 Å². The Balaban J connectivity index is 1.57. The molecule has 2 aromatic rings. The third-order valence-corrected chi connectivity index (χ3v) is 7.27. The first-order chi connectivity index (χ1) is 14.0. The van der Waals surface area contributed by atoms with Gasteiger partial charge in [-0.05, 0) is 73.3 Å². The number of anilines is 1. The summed E-state index contributed by atoms with van der Waals surface area (Å²) in [4.78, 5) is 13.1. The molecular formula is C22H27BrN2O3S. The third-order valence-electron chi connectivity index (χ3n) is 4.87. The molecule has 0 aliphatic heterocycles. The summed E-state index contributed by atoms with van der Waals surface area (Å²) in [5.74, 6) is 0. The highest BCUT2D eigenvalue weighted by molar-refractivity contribution is 9.10. The maximum absolute atomic E-state index is 12.6. The first-order valence-electron chi connectivity index (χ1n) is 9.91. The van der Waals surface area contributed by atoms with Crippen LogP contribution in [0.5, 0.6) is 0 Å². The summed E-state index contributed by atoms with van der Waals surface area (Å²) in [5.41, 5.74) is 4.03. The predicted molar refractivity (Wildman–Crippen MR) is 121 cm³/mol. The molecule has 2 N–H and O–H groups in total. The number of carbonyl (C=O) groups excluding carboxylic acids is 1. The summed E-state index contributed by atoms with van der Waals surface area (Å²) < 4.78 is 19.0. The first-order valence-corrected chi connectivity index (χ1v) is 11.9. The quantitative estimate of drug-likeness (QED) is 0.543. The summed E-state index contributed by atoms with van der Waals surface area (Å²) in [7, 11) is 0.876. The van der Waals surface area contributed by atoms with Crippen LogP contribution in [-0.2, 0) is 34.9 Å². The Hall–Kier alpha value is -1.70. The topological polar surface area (TPSA) is 67.4 Å². The van der Waals surface area contributed by atoms with Crippen LogP contribution in [0.3, 0.4) is 0 Å². The molecule has 1 amide bonds. The molecule has 5 nitrogen and oxygen atoms in total. The first kappa shape index (κ1) is 22.0. The van der Waals surface area contributed by atoms with Crippen LogP contribution in [0, 0.1) is 0 Å². The molecule has 0 aromatic heterocycles. The lowest BCUT2D eigenvalue weighted by Crippen LogP contribution is -2.17. The van der Waals surface area contributed by atoms with E-state index in [1.54, 1.807) is 6.07 Å². The summed E-state index contributed by atoms with van der Waals surface area (Å²) in [6.07, 6.45) is 3.18. The van der Waals surface area contributed by atoms with Crippen LogP contribution in [0.4, 0.5) is 10.5 Å².